The Morgan fingerprint density at radius 1 is 0.897 bits per heavy atom. The van der Waals surface area contributed by atoms with E-state index in [0.717, 1.165) is 12.8 Å². The highest BCUT2D eigenvalue weighted by molar-refractivity contribution is 4.89. The lowest BCUT2D eigenvalue weighted by Crippen LogP contribution is -2.42. The molecule has 0 aliphatic carbocycles. The first-order valence-electron chi connectivity index (χ1n) is 12.1. The Morgan fingerprint density at radius 2 is 1.45 bits per heavy atom. The highest BCUT2D eigenvalue weighted by Gasteiger charge is 2.40. The third-order valence-corrected chi connectivity index (χ3v) is 5.70. The van der Waals surface area contributed by atoms with E-state index in [9.17, 15) is 10.2 Å². The van der Waals surface area contributed by atoms with Crippen LogP contribution in [0.5, 0.6) is 0 Å². The number of ether oxygens (including phenoxy) is 2. The van der Waals surface area contributed by atoms with Gasteiger partial charge in [-0.2, -0.15) is 0 Å². The highest BCUT2D eigenvalue weighted by Crippen LogP contribution is 2.21. The van der Waals surface area contributed by atoms with Crippen molar-refractivity contribution in [3.05, 3.63) is 12.2 Å². The molecular weight excluding hydrogens is 368 g/mol. The largest absolute Gasteiger partial charge is 0.394 e. The van der Waals surface area contributed by atoms with E-state index >= 15 is 0 Å². The maximum atomic E-state index is 9.89. The number of allylic oxidation sites excluding steroid dienone is 2. The van der Waals surface area contributed by atoms with E-state index in [1.54, 1.807) is 0 Å². The van der Waals surface area contributed by atoms with E-state index in [2.05, 4.69) is 19.1 Å². The molecule has 4 atom stereocenters. The average molecular weight is 415 g/mol. The molecule has 0 unspecified atom stereocenters. The minimum Gasteiger partial charge on any atom is -0.394 e. The van der Waals surface area contributed by atoms with E-state index in [-0.39, 0.29) is 13.2 Å². The first kappa shape index (κ1) is 26.6. The molecule has 172 valence electrons. The second-order valence-corrected chi connectivity index (χ2v) is 8.39. The van der Waals surface area contributed by atoms with Crippen LogP contribution in [0.3, 0.4) is 0 Å². The molecule has 5 heteroatoms. The fourth-order valence-corrected chi connectivity index (χ4v) is 3.83. The Labute approximate surface area is 178 Å². The SMILES string of the molecule is CCCCCC/C=C/CCCCCCCCCCO[C@H]1[C@@H]([C@H](O)CO)OC[C@@H]1O. The van der Waals surface area contributed by atoms with Crippen LogP contribution in [0, 0.1) is 0 Å². The van der Waals surface area contributed by atoms with Crippen LogP contribution >= 0.6 is 0 Å². The molecule has 0 amide bonds. The second-order valence-electron chi connectivity index (χ2n) is 8.39. The van der Waals surface area contributed by atoms with Gasteiger partial charge in [0.25, 0.3) is 0 Å². The van der Waals surface area contributed by atoms with Crippen molar-refractivity contribution < 1.29 is 24.8 Å². The van der Waals surface area contributed by atoms with Gasteiger partial charge in [-0.3, -0.25) is 0 Å². The molecule has 3 N–H and O–H groups in total. The summed E-state index contributed by atoms with van der Waals surface area (Å²) in [5.41, 5.74) is 0. The minimum absolute atomic E-state index is 0.154. The van der Waals surface area contributed by atoms with Gasteiger partial charge in [-0.05, 0) is 32.1 Å². The predicted molar refractivity (Wildman–Crippen MR) is 118 cm³/mol. The lowest BCUT2D eigenvalue weighted by molar-refractivity contribution is -0.0938. The zero-order chi connectivity index (χ0) is 21.2. The predicted octanol–water partition coefficient (Wildman–Crippen LogP) is 4.52. The van der Waals surface area contributed by atoms with Gasteiger partial charge < -0.3 is 24.8 Å². The third-order valence-electron chi connectivity index (χ3n) is 5.70. The highest BCUT2D eigenvalue weighted by atomic mass is 16.6. The molecule has 0 aromatic carbocycles. The summed E-state index contributed by atoms with van der Waals surface area (Å²) < 4.78 is 11.0. The van der Waals surface area contributed by atoms with Gasteiger partial charge in [-0.1, -0.05) is 76.9 Å². The fraction of sp³-hybridized carbons (Fsp3) is 0.917. The normalized spacial score (nSPS) is 23.2. The Morgan fingerprint density at radius 3 is 2.03 bits per heavy atom. The Hall–Kier alpha value is -0.460. The van der Waals surface area contributed by atoms with Crippen LogP contribution in [-0.2, 0) is 9.47 Å². The molecule has 5 nitrogen and oxygen atoms in total. The van der Waals surface area contributed by atoms with Gasteiger partial charge in [0.15, 0.2) is 0 Å². The number of hydrogen-bond acceptors (Lipinski definition) is 5. The van der Waals surface area contributed by atoms with Crippen molar-refractivity contribution in [2.75, 3.05) is 19.8 Å². The quantitative estimate of drug-likeness (QED) is 0.214. The van der Waals surface area contributed by atoms with Gasteiger partial charge in [-0.15, -0.1) is 0 Å². The van der Waals surface area contributed by atoms with E-state index < -0.39 is 24.4 Å². The molecule has 0 bridgehead atoms. The van der Waals surface area contributed by atoms with Crippen molar-refractivity contribution in [2.45, 2.75) is 121 Å². The van der Waals surface area contributed by atoms with Gasteiger partial charge in [0.05, 0.1) is 13.2 Å². The first-order chi connectivity index (χ1) is 14.2. The molecule has 0 spiro atoms. The monoisotopic (exact) mass is 414 g/mol. The topological polar surface area (TPSA) is 79.2 Å². The van der Waals surface area contributed by atoms with Gasteiger partial charge in [0.1, 0.15) is 24.4 Å². The van der Waals surface area contributed by atoms with Gasteiger partial charge in [0, 0.05) is 6.61 Å². The van der Waals surface area contributed by atoms with Crippen LogP contribution in [0.4, 0.5) is 0 Å². The van der Waals surface area contributed by atoms with E-state index in [1.165, 1.54) is 77.0 Å². The Bertz CT molecular complexity index is 387. The van der Waals surface area contributed by atoms with Crippen molar-refractivity contribution in [1.29, 1.82) is 0 Å². The first-order valence-corrected chi connectivity index (χ1v) is 12.1. The summed E-state index contributed by atoms with van der Waals surface area (Å²) in [5.74, 6) is 0. The smallest absolute Gasteiger partial charge is 0.114 e. The molecule has 1 fully saturated rings. The summed E-state index contributed by atoms with van der Waals surface area (Å²) in [7, 11) is 0. The van der Waals surface area contributed by atoms with Crippen LogP contribution in [0.25, 0.3) is 0 Å². The second kappa shape index (κ2) is 18.3. The van der Waals surface area contributed by atoms with Crippen molar-refractivity contribution in [3.63, 3.8) is 0 Å². The van der Waals surface area contributed by atoms with E-state index in [4.69, 9.17) is 14.6 Å². The number of rotatable bonds is 19. The number of unbranched alkanes of at least 4 members (excludes halogenated alkanes) is 12. The molecule has 1 heterocycles. The molecule has 1 aliphatic heterocycles. The van der Waals surface area contributed by atoms with Crippen LogP contribution in [0.1, 0.15) is 96.8 Å². The molecule has 0 aromatic heterocycles. The Balaban J connectivity index is 1.86. The van der Waals surface area contributed by atoms with Gasteiger partial charge in [-0.25, -0.2) is 0 Å². The summed E-state index contributed by atoms with van der Waals surface area (Å²) >= 11 is 0. The summed E-state index contributed by atoms with van der Waals surface area (Å²) in [6.07, 6.45) is 19.5. The van der Waals surface area contributed by atoms with Crippen LogP contribution < -0.4 is 0 Å². The number of hydrogen-bond donors (Lipinski definition) is 3. The van der Waals surface area contributed by atoms with Crippen LogP contribution in [0.15, 0.2) is 12.2 Å². The van der Waals surface area contributed by atoms with Crippen molar-refractivity contribution in [2.24, 2.45) is 0 Å². The molecule has 0 aromatic rings. The summed E-state index contributed by atoms with van der Waals surface area (Å²) in [4.78, 5) is 0. The third kappa shape index (κ3) is 12.7. The standard InChI is InChI=1S/C24H46O5/c1-2-3-4-5-6-7-8-9-10-11-12-13-14-15-16-17-18-28-24-22(27)20-29-23(24)21(26)19-25/h7-8,21-27H,2-6,9-20H2,1H3/b8-7+/t21-,22+,23-,24-/m1/s1. The van der Waals surface area contributed by atoms with E-state index in [0.29, 0.717) is 6.61 Å². The van der Waals surface area contributed by atoms with E-state index in [1.807, 2.05) is 0 Å². The molecule has 29 heavy (non-hydrogen) atoms. The van der Waals surface area contributed by atoms with Crippen molar-refractivity contribution in [3.8, 4) is 0 Å². The molecule has 0 radical (unpaired) electrons. The van der Waals surface area contributed by atoms with Crippen molar-refractivity contribution in [1.82, 2.24) is 0 Å². The van der Waals surface area contributed by atoms with Crippen LogP contribution in [-0.4, -0.2) is 59.6 Å². The number of aliphatic hydroxyl groups excluding tert-OH is 3. The molecule has 0 saturated carbocycles. The molecule has 1 aliphatic rings. The maximum Gasteiger partial charge on any atom is 0.114 e. The molecular formula is C24H46O5. The van der Waals surface area contributed by atoms with Crippen molar-refractivity contribution >= 4 is 0 Å². The summed E-state index contributed by atoms with van der Waals surface area (Å²) in [6, 6.07) is 0. The lowest BCUT2D eigenvalue weighted by Gasteiger charge is -2.23. The summed E-state index contributed by atoms with van der Waals surface area (Å²) in [5, 5.41) is 28.7. The van der Waals surface area contributed by atoms with Crippen LogP contribution in [0.2, 0.25) is 0 Å². The maximum absolute atomic E-state index is 9.89. The fourth-order valence-electron chi connectivity index (χ4n) is 3.83. The Kier molecular flexibility index (Phi) is 16.8. The van der Waals surface area contributed by atoms with Gasteiger partial charge in [0.2, 0.25) is 0 Å². The number of aliphatic hydroxyl groups is 3. The molecule has 1 saturated heterocycles. The summed E-state index contributed by atoms with van der Waals surface area (Å²) in [6.45, 7) is 2.59. The van der Waals surface area contributed by atoms with Gasteiger partial charge >= 0.3 is 0 Å². The lowest BCUT2D eigenvalue weighted by atomic mass is 10.1. The zero-order valence-corrected chi connectivity index (χ0v) is 18.6. The molecule has 1 rings (SSSR count). The zero-order valence-electron chi connectivity index (χ0n) is 18.6. The minimum atomic E-state index is -1.00. The average Bonchev–Trinajstić information content (AvgIpc) is 3.10.